The van der Waals surface area contributed by atoms with Crippen LogP contribution in [0, 0.1) is 0 Å². The van der Waals surface area contributed by atoms with Gasteiger partial charge >= 0.3 is 44.5 Å². The minimum atomic E-state index is -5.11. The summed E-state index contributed by atoms with van der Waals surface area (Å²) >= 11 is 0. The summed E-state index contributed by atoms with van der Waals surface area (Å²) in [6, 6.07) is 67.2. The second kappa shape index (κ2) is 32.6. The average molecular weight is 1720 g/mol. The van der Waals surface area contributed by atoms with E-state index >= 15 is 0 Å². The topological polar surface area (TPSA) is 96.7 Å². The number of aromatic nitrogens is 2. The third-order valence-electron chi connectivity index (χ3n) is 19.0. The van der Waals surface area contributed by atoms with E-state index in [1.54, 1.807) is 107 Å². The summed E-state index contributed by atoms with van der Waals surface area (Å²) in [6.07, 6.45) is -35.7. The van der Waals surface area contributed by atoms with E-state index in [0.717, 1.165) is 84.9 Å². The van der Waals surface area contributed by atoms with Gasteiger partial charge in [0.1, 0.15) is 46.0 Å². The Morgan fingerprint density at radius 3 is 0.528 bits per heavy atom. The molecule has 0 bridgehead atoms. The molecular weight excluding hydrogens is 1670 g/mol. The summed E-state index contributed by atoms with van der Waals surface area (Å²) in [6.45, 7) is 0.112. The molecule has 35 heteroatoms. The molecule has 0 radical (unpaired) electrons. The van der Waals surface area contributed by atoms with E-state index in [0.29, 0.717) is 83.2 Å². The van der Waals surface area contributed by atoms with Gasteiger partial charge in [-0.2, -0.15) is 0 Å². The van der Waals surface area contributed by atoms with Gasteiger partial charge < -0.3 is 66.6 Å². The van der Waals surface area contributed by atoms with Gasteiger partial charge in [-0.3, -0.25) is 0 Å². The Labute approximate surface area is 681 Å². The highest BCUT2D eigenvalue weighted by Crippen LogP contribution is 2.48. The van der Waals surface area contributed by atoms with Gasteiger partial charge in [-0.15, -0.1) is 92.2 Å². The number of hydrogen-bond acceptors (Lipinski definition) is 12. The van der Waals surface area contributed by atoms with E-state index in [2.05, 4.69) is 33.2 Å². The number of rotatable bonds is 24. The molecule has 0 spiro atoms. The van der Waals surface area contributed by atoms with Crippen molar-refractivity contribution in [1.82, 2.24) is 9.13 Å². The number of alkyl halides is 21. The minimum absolute atomic E-state index is 0.0372. The summed E-state index contributed by atoms with van der Waals surface area (Å²) in [4.78, 5) is 6.31. The van der Waals surface area contributed by atoms with Crippen LogP contribution in [0.2, 0.25) is 0 Å². The van der Waals surface area contributed by atoms with E-state index in [1.807, 2.05) is 33.4 Å². The predicted octanol–water partition coefficient (Wildman–Crippen LogP) is 28.2. The van der Waals surface area contributed by atoms with Crippen LogP contribution in [0.25, 0.3) is 43.6 Å². The molecule has 0 saturated heterocycles. The standard InChI is InChI=1S/C88H55F21N6O8/c1-116-66-25-5-54(6-26-66)112(55-7-27-67(28-8-55)117-82(89,90)91)62-21-41-78-74(46-62)75-47-63(113(56-9-29-68(30-10-56)118-83(92,93)94)57-11-31-69(32-12-57)119-84(95,96)97)22-42-79(75)110(78)50-52-3-2-4-53(45-52)51-111-80-43-23-64(114(58-13-33-70(34-14-58)120-85(98,99)100)59-15-35-71(36-16-59)121-86(101,102)103)48-76(80)77-49-65(24-44-81(77)111)115(60-17-37-72(38-18-60)122-87(104,105)106)61-19-39-73(40-20-61)123-88(107,108)109/h2-49H,50-51H2,1H3. The molecule has 2 heterocycles. The molecule has 0 aliphatic heterocycles. The van der Waals surface area contributed by atoms with Crippen LogP contribution >= 0.6 is 0 Å². The van der Waals surface area contributed by atoms with Crippen molar-refractivity contribution in [3.8, 4) is 46.0 Å². The largest absolute Gasteiger partial charge is 0.573 e. The maximum absolute atomic E-state index is 13.6. The van der Waals surface area contributed by atoms with Gasteiger partial charge in [0.2, 0.25) is 0 Å². The van der Waals surface area contributed by atoms with Crippen LogP contribution in [0.4, 0.5) is 160 Å². The van der Waals surface area contributed by atoms with Gasteiger partial charge in [0.05, 0.1) is 7.11 Å². The Bertz CT molecular complexity index is 5910. The first kappa shape index (κ1) is 83.6. The number of ether oxygens (including phenoxy) is 8. The molecule has 0 aliphatic rings. The number of fused-ring (bicyclic) bond motifs is 6. The Morgan fingerprint density at radius 2 is 0.366 bits per heavy atom. The molecule has 13 aromatic carbocycles. The smallest absolute Gasteiger partial charge is 0.497 e. The van der Waals surface area contributed by atoms with Crippen molar-refractivity contribution in [2.45, 2.75) is 57.6 Å². The average Bonchev–Trinajstić information content (AvgIpc) is 1.60. The normalized spacial score (nSPS) is 12.4. The highest BCUT2D eigenvalue weighted by molar-refractivity contribution is 6.12. The zero-order chi connectivity index (χ0) is 87.3. The Balaban J connectivity index is 0.887. The molecule has 0 amide bonds. The first-order chi connectivity index (χ1) is 58.1. The maximum Gasteiger partial charge on any atom is 0.573 e. The Hall–Kier alpha value is -14.4. The molecule has 0 aliphatic carbocycles. The molecule has 0 saturated carbocycles. The van der Waals surface area contributed by atoms with Crippen LogP contribution in [-0.2, 0) is 13.1 Å². The van der Waals surface area contributed by atoms with Gasteiger partial charge in [0.15, 0.2) is 0 Å². The monoisotopic (exact) mass is 1720 g/mol. The molecule has 0 fully saturated rings. The fraction of sp³-hybridized carbons (Fsp3) is 0.114. The van der Waals surface area contributed by atoms with E-state index in [1.165, 1.54) is 102 Å². The van der Waals surface area contributed by atoms with E-state index < -0.39 is 84.8 Å². The van der Waals surface area contributed by atoms with Crippen LogP contribution in [-0.4, -0.2) is 60.8 Å². The van der Waals surface area contributed by atoms with Crippen LogP contribution < -0.4 is 57.5 Å². The highest BCUT2D eigenvalue weighted by Gasteiger charge is 2.37. The summed E-state index contributed by atoms with van der Waals surface area (Å²) in [5.41, 5.74) is 6.53. The van der Waals surface area contributed by atoms with Crippen molar-refractivity contribution in [3.63, 3.8) is 0 Å². The minimum Gasteiger partial charge on any atom is -0.497 e. The molecule has 123 heavy (non-hydrogen) atoms. The van der Waals surface area contributed by atoms with Crippen molar-refractivity contribution in [2.75, 3.05) is 26.7 Å². The van der Waals surface area contributed by atoms with Crippen molar-refractivity contribution in [2.24, 2.45) is 0 Å². The number of halogens is 21. The van der Waals surface area contributed by atoms with E-state index in [-0.39, 0.29) is 58.6 Å². The van der Waals surface area contributed by atoms with Crippen LogP contribution in [0.15, 0.2) is 291 Å². The molecule has 2 aromatic heterocycles. The lowest BCUT2D eigenvalue weighted by Crippen LogP contribution is -2.17. The third kappa shape index (κ3) is 20.1. The van der Waals surface area contributed by atoms with Gasteiger partial charge in [-0.05, 0) is 278 Å². The summed E-state index contributed by atoms with van der Waals surface area (Å²) in [5.74, 6) is -3.76. The molecule has 15 rings (SSSR count). The maximum atomic E-state index is 13.6. The number of hydrogen-bond donors (Lipinski definition) is 0. The first-order valence-corrected chi connectivity index (χ1v) is 36.2. The fourth-order valence-corrected chi connectivity index (χ4v) is 14.3. The third-order valence-corrected chi connectivity index (χ3v) is 19.0. The molecular formula is C88H55F21N6O8. The Morgan fingerprint density at radius 1 is 0.203 bits per heavy atom. The molecule has 632 valence electrons. The molecule has 0 atom stereocenters. The van der Waals surface area contributed by atoms with Gasteiger partial charge in [0, 0.05) is 125 Å². The zero-order valence-corrected chi connectivity index (χ0v) is 62.5. The lowest BCUT2D eigenvalue weighted by atomic mass is 10.1. The van der Waals surface area contributed by atoms with Crippen LogP contribution in [0.1, 0.15) is 11.1 Å². The Kier molecular flexibility index (Phi) is 22.2. The lowest BCUT2D eigenvalue weighted by molar-refractivity contribution is -0.275. The summed E-state index contributed by atoms with van der Waals surface area (Å²) in [7, 11) is 1.45. The van der Waals surface area contributed by atoms with Crippen molar-refractivity contribution < 1.29 is 130 Å². The zero-order valence-electron chi connectivity index (χ0n) is 62.5. The molecule has 0 unspecified atom stereocenters. The van der Waals surface area contributed by atoms with Crippen molar-refractivity contribution in [3.05, 3.63) is 302 Å². The van der Waals surface area contributed by atoms with E-state index in [9.17, 15) is 92.2 Å². The number of benzene rings is 13. The van der Waals surface area contributed by atoms with Gasteiger partial charge in [0.25, 0.3) is 0 Å². The number of nitrogens with zero attached hydrogens (tertiary/aromatic N) is 6. The fourth-order valence-electron chi connectivity index (χ4n) is 14.3. The van der Waals surface area contributed by atoms with Gasteiger partial charge in [-0.1, -0.05) is 24.3 Å². The molecule has 14 nitrogen and oxygen atoms in total. The quantitative estimate of drug-likeness (QED) is 0.0539. The summed E-state index contributed by atoms with van der Waals surface area (Å²) in [5, 5.41) is 1.87. The van der Waals surface area contributed by atoms with Gasteiger partial charge in [-0.25, -0.2) is 0 Å². The molecule has 0 N–H and O–H groups in total. The second-order valence-electron chi connectivity index (χ2n) is 27.1. The van der Waals surface area contributed by atoms with Crippen molar-refractivity contribution >= 4 is 112 Å². The summed E-state index contributed by atoms with van der Waals surface area (Å²) < 4.78 is 324. The first-order valence-electron chi connectivity index (χ1n) is 36.2. The van der Waals surface area contributed by atoms with Crippen LogP contribution in [0.3, 0.4) is 0 Å². The van der Waals surface area contributed by atoms with Crippen molar-refractivity contribution in [1.29, 1.82) is 0 Å². The SMILES string of the molecule is COc1ccc(N(c2ccc(OC(F)(F)F)cc2)c2ccc3c(c2)c2cc(N(c4ccc(OC(F)(F)F)cc4)c4ccc(OC(F)(F)F)cc4)ccc2n3Cc2cccc(Cn3c4ccc(N(c5ccc(OC(F)(F)F)cc5)c5ccc(OC(F)(F)F)cc5)cc4c4cc(N(c5ccc(OC(F)(F)F)cc5)c5ccc(OC(F)(F)F)cc5)ccc43)c2)cc1. The molecule has 15 aromatic rings. The second-order valence-corrected chi connectivity index (χ2v) is 27.1. The number of methoxy groups -OCH3 is 1. The lowest BCUT2D eigenvalue weighted by Gasteiger charge is -2.26. The number of anilines is 12. The van der Waals surface area contributed by atoms with E-state index in [4.69, 9.17) is 4.74 Å². The van der Waals surface area contributed by atoms with Crippen LogP contribution in [0.5, 0.6) is 46.0 Å². The highest BCUT2D eigenvalue weighted by atomic mass is 19.4. The predicted molar refractivity (Wildman–Crippen MR) is 416 cm³/mol.